The highest BCUT2D eigenvalue weighted by molar-refractivity contribution is 5.95. The molecule has 310 valence electrons. The molecule has 2 aromatic rings. The highest BCUT2D eigenvalue weighted by Gasteiger charge is 2.61. The number of rotatable bonds is 17. The number of quaternary nitrogens is 1. The smallest absolute Gasteiger partial charge is 0.357 e. The van der Waals surface area contributed by atoms with Crippen LogP contribution in [-0.4, -0.2) is 134 Å². The molecule has 1 unspecified atom stereocenters. The first-order chi connectivity index (χ1) is 26.9. The van der Waals surface area contributed by atoms with E-state index in [0.717, 1.165) is 6.92 Å². The van der Waals surface area contributed by atoms with E-state index >= 15 is 0 Å². The van der Waals surface area contributed by atoms with Crippen molar-refractivity contribution in [3.05, 3.63) is 60.2 Å². The molecule has 5 atom stereocenters. The number of amides is 6. The Morgan fingerprint density at radius 2 is 1.61 bits per heavy atom. The largest absolute Gasteiger partial charge is 0.484 e. The van der Waals surface area contributed by atoms with Crippen LogP contribution in [0.25, 0.3) is 0 Å². The third kappa shape index (κ3) is 11.6. The second kappa shape index (κ2) is 19.7. The maximum atomic E-state index is 14.8. The van der Waals surface area contributed by atoms with Crippen LogP contribution < -0.4 is 31.7 Å². The van der Waals surface area contributed by atoms with E-state index in [9.17, 15) is 33.6 Å². The quantitative estimate of drug-likeness (QED) is 0.125. The highest BCUT2D eigenvalue weighted by Crippen LogP contribution is 2.39. The zero-order valence-corrected chi connectivity index (χ0v) is 33.4. The molecular formula is C40H56N7O10+. The maximum absolute atomic E-state index is 14.8. The van der Waals surface area contributed by atoms with Gasteiger partial charge in [0.2, 0.25) is 23.8 Å². The second-order valence-corrected chi connectivity index (χ2v) is 15.4. The fraction of sp³-hybridized carbons (Fsp3) is 0.525. The molecule has 2 saturated heterocycles. The summed E-state index contributed by atoms with van der Waals surface area (Å²) < 4.78 is 16.3. The Balaban J connectivity index is 1.51. The van der Waals surface area contributed by atoms with Crippen LogP contribution in [0.1, 0.15) is 52.5 Å². The second-order valence-electron chi connectivity index (χ2n) is 15.4. The zero-order chi connectivity index (χ0) is 41.9. The van der Waals surface area contributed by atoms with Gasteiger partial charge in [-0.25, -0.2) is 9.28 Å². The van der Waals surface area contributed by atoms with Crippen molar-refractivity contribution in [1.29, 1.82) is 0 Å². The van der Waals surface area contributed by atoms with Gasteiger partial charge < -0.3 is 41.2 Å². The van der Waals surface area contributed by atoms with E-state index in [4.69, 9.17) is 25.7 Å². The molecule has 0 aromatic heterocycles. The van der Waals surface area contributed by atoms with Crippen molar-refractivity contribution in [2.75, 3.05) is 57.9 Å². The summed E-state index contributed by atoms with van der Waals surface area (Å²) in [6.45, 7) is 8.97. The van der Waals surface area contributed by atoms with Crippen LogP contribution in [-0.2, 0) is 49.5 Å². The van der Waals surface area contributed by atoms with E-state index in [1.807, 2.05) is 4.90 Å². The summed E-state index contributed by atoms with van der Waals surface area (Å²) in [7, 11) is 1.67. The molecule has 6 amide bonds. The Morgan fingerprint density at radius 3 is 2.19 bits per heavy atom. The number of nitrogens with two attached hydrogens (primary N) is 2. The number of likely N-dealkylation sites (N-methyl/N-ethyl adjacent to an activating group) is 1. The molecule has 0 radical (unpaired) electrons. The molecule has 6 N–H and O–H groups in total. The number of likely N-dealkylation sites (tertiary alicyclic amines) is 1. The molecule has 0 spiro atoms. The number of carbonyl (C=O) groups excluding carboxylic acids is 7. The summed E-state index contributed by atoms with van der Waals surface area (Å²) in [5, 5.41) is 5.24. The highest BCUT2D eigenvalue weighted by atomic mass is 16.5. The van der Waals surface area contributed by atoms with E-state index in [0.29, 0.717) is 56.1 Å². The maximum Gasteiger partial charge on any atom is 0.357 e. The van der Waals surface area contributed by atoms with Gasteiger partial charge in [0.25, 0.3) is 11.8 Å². The summed E-state index contributed by atoms with van der Waals surface area (Å²) >= 11 is 0. The average Bonchev–Trinajstić information content (AvgIpc) is 3.63. The van der Waals surface area contributed by atoms with E-state index < -0.39 is 82.8 Å². The standard InChI is InChI=1S/C40H55N7O10/c1-26(48)57-36(39(54)47(40(2,3)4)19-9-12-32(47)37(42)52)30(22-27-10-7-6-8-11-27)44-38(53)31(23-33(41)49)43-34(50)25-56-29-15-13-28(14-16-29)45(5)35(51)24-46-17-20-55-21-18-46/h6-8,10-11,13-16,30-32,36H,9,12,17-25H2,1-5H3,(H5-,41,42,43,44,49,50,52,53)/p+1/t30-,31-,32-,36-,47?/m0/s1. The molecule has 4 rings (SSSR count). The summed E-state index contributed by atoms with van der Waals surface area (Å²) in [6, 6.07) is 11.7. The Hall–Kier alpha value is -5.39. The Morgan fingerprint density at radius 1 is 0.965 bits per heavy atom. The molecule has 0 saturated carbocycles. The fourth-order valence-corrected chi connectivity index (χ4v) is 7.52. The predicted octanol–water partition coefficient (Wildman–Crippen LogP) is 0.169. The van der Waals surface area contributed by atoms with Crippen molar-refractivity contribution in [2.45, 2.75) is 83.1 Å². The van der Waals surface area contributed by atoms with Crippen LogP contribution in [0.4, 0.5) is 5.69 Å². The van der Waals surface area contributed by atoms with E-state index in [1.54, 1.807) is 82.4 Å². The number of morpholine rings is 1. The number of anilines is 1. The van der Waals surface area contributed by atoms with E-state index in [2.05, 4.69) is 10.6 Å². The summed E-state index contributed by atoms with van der Waals surface area (Å²) in [4.78, 5) is 95.9. The van der Waals surface area contributed by atoms with Crippen molar-refractivity contribution in [1.82, 2.24) is 15.5 Å². The molecule has 17 heteroatoms. The summed E-state index contributed by atoms with van der Waals surface area (Å²) in [5.41, 5.74) is 11.8. The summed E-state index contributed by atoms with van der Waals surface area (Å²) in [6.07, 6.45) is -1.37. The van der Waals surface area contributed by atoms with Crippen LogP contribution in [0.15, 0.2) is 54.6 Å². The van der Waals surface area contributed by atoms with Crippen LogP contribution in [0, 0.1) is 0 Å². The lowest BCUT2D eigenvalue weighted by atomic mass is 9.92. The van der Waals surface area contributed by atoms with Crippen molar-refractivity contribution < 1.29 is 52.3 Å². The lowest BCUT2D eigenvalue weighted by molar-refractivity contribution is -0.904. The van der Waals surface area contributed by atoms with Gasteiger partial charge in [-0.05, 0) is 57.0 Å². The number of hydrogen-bond donors (Lipinski definition) is 4. The number of primary amides is 2. The van der Waals surface area contributed by atoms with Gasteiger partial charge in [0.15, 0.2) is 12.6 Å². The lowest BCUT2D eigenvalue weighted by Crippen LogP contribution is -2.73. The molecule has 2 aliphatic heterocycles. The van der Waals surface area contributed by atoms with Crippen LogP contribution >= 0.6 is 0 Å². The zero-order valence-electron chi connectivity index (χ0n) is 33.4. The molecule has 0 bridgehead atoms. The number of esters is 1. The molecule has 57 heavy (non-hydrogen) atoms. The molecule has 2 aliphatic rings. The lowest BCUT2D eigenvalue weighted by Gasteiger charge is -2.48. The first-order valence-corrected chi connectivity index (χ1v) is 19.0. The first-order valence-electron chi connectivity index (χ1n) is 19.0. The Kier molecular flexibility index (Phi) is 15.3. The SMILES string of the molecule is CC(=O)O[C@H](C(=O)[N+]1(C(C)(C)C)CCC[C@H]1C(N)=O)[C@H](Cc1ccccc1)NC(=O)[C@H](CC(N)=O)NC(=O)COc1ccc(N(C)C(=O)CN2CCOCC2)cc1. The molecular weight excluding hydrogens is 738 g/mol. The van der Waals surface area contributed by atoms with Gasteiger partial charge in [-0.15, -0.1) is 0 Å². The van der Waals surface area contributed by atoms with Gasteiger partial charge in [-0.3, -0.25) is 33.7 Å². The van der Waals surface area contributed by atoms with E-state index in [1.165, 1.54) is 4.90 Å². The third-order valence-corrected chi connectivity index (χ3v) is 10.5. The van der Waals surface area contributed by atoms with Crippen LogP contribution in [0.3, 0.4) is 0 Å². The van der Waals surface area contributed by atoms with Gasteiger partial charge in [-0.2, -0.15) is 0 Å². The van der Waals surface area contributed by atoms with Gasteiger partial charge in [0, 0.05) is 45.6 Å². The van der Waals surface area contributed by atoms with Crippen LogP contribution in [0.2, 0.25) is 0 Å². The molecule has 2 aromatic carbocycles. The number of hydrogen-bond acceptors (Lipinski definition) is 11. The number of nitrogens with zero attached hydrogens (tertiary/aromatic N) is 3. The number of carbonyl (C=O) groups is 7. The topological polar surface area (TPSA) is 230 Å². The molecule has 2 fully saturated rings. The van der Waals surface area contributed by atoms with Gasteiger partial charge >= 0.3 is 11.9 Å². The average molecular weight is 795 g/mol. The molecule has 2 heterocycles. The number of ether oxygens (including phenoxy) is 3. The normalized spacial score (nSPS) is 20.0. The van der Waals surface area contributed by atoms with Crippen molar-refractivity contribution in [2.24, 2.45) is 11.5 Å². The number of benzene rings is 2. The van der Waals surface area contributed by atoms with Crippen LogP contribution in [0.5, 0.6) is 5.75 Å². The Labute approximate surface area is 332 Å². The van der Waals surface area contributed by atoms with Gasteiger partial charge in [0.1, 0.15) is 11.8 Å². The third-order valence-electron chi connectivity index (χ3n) is 10.5. The van der Waals surface area contributed by atoms with Crippen molar-refractivity contribution >= 4 is 47.1 Å². The fourth-order valence-electron chi connectivity index (χ4n) is 7.52. The van der Waals surface area contributed by atoms with Gasteiger partial charge in [0.05, 0.1) is 44.3 Å². The van der Waals surface area contributed by atoms with Crippen molar-refractivity contribution in [3.8, 4) is 5.75 Å². The van der Waals surface area contributed by atoms with Crippen molar-refractivity contribution in [3.63, 3.8) is 0 Å². The summed E-state index contributed by atoms with van der Waals surface area (Å²) in [5.74, 6) is -4.43. The minimum absolute atomic E-state index is 0.00794. The minimum Gasteiger partial charge on any atom is -0.484 e. The van der Waals surface area contributed by atoms with Gasteiger partial charge in [-0.1, -0.05) is 30.3 Å². The Bertz CT molecular complexity index is 1760. The van der Waals surface area contributed by atoms with E-state index in [-0.39, 0.29) is 25.4 Å². The monoisotopic (exact) mass is 794 g/mol. The molecule has 17 nitrogen and oxygen atoms in total. The molecule has 0 aliphatic carbocycles. The predicted molar refractivity (Wildman–Crippen MR) is 208 cm³/mol. The number of nitrogens with one attached hydrogen (secondary N) is 2. The first kappa shape index (κ1) is 44.3. The minimum atomic E-state index is -1.60.